The van der Waals surface area contributed by atoms with Gasteiger partial charge in [-0.25, -0.2) is 0 Å². The number of fused-ring (bicyclic) bond motifs is 1. The first kappa shape index (κ1) is 19.5. The molecule has 2 aromatic rings. The van der Waals surface area contributed by atoms with Gasteiger partial charge in [0.2, 0.25) is 5.91 Å². The number of hydrogen-bond donors (Lipinski definition) is 1. The smallest absolute Gasteiger partial charge is 0.254 e. The number of ether oxygens (including phenoxy) is 1. The third-order valence-corrected chi connectivity index (χ3v) is 5.94. The fraction of sp³-hybridized carbons (Fsp3) is 0.391. The molecule has 2 heterocycles. The minimum atomic E-state index is -0.0747. The first-order valence-electron chi connectivity index (χ1n) is 10.1. The Morgan fingerprint density at radius 2 is 1.86 bits per heavy atom. The molecule has 6 nitrogen and oxygen atoms in total. The highest BCUT2D eigenvalue weighted by molar-refractivity contribution is 5.94. The molecule has 0 unspecified atom stereocenters. The highest BCUT2D eigenvalue weighted by Crippen LogP contribution is 2.45. The molecule has 152 valence electrons. The molecule has 0 saturated carbocycles. The number of carbonyl (C=O) groups excluding carboxylic acids is 2. The fourth-order valence-electron chi connectivity index (χ4n) is 4.64. The van der Waals surface area contributed by atoms with Crippen LogP contribution in [0.1, 0.15) is 28.9 Å². The van der Waals surface area contributed by atoms with Crippen LogP contribution in [0.25, 0.3) is 0 Å². The van der Waals surface area contributed by atoms with Crippen LogP contribution in [0.15, 0.2) is 54.6 Å². The van der Waals surface area contributed by atoms with Gasteiger partial charge < -0.3 is 19.6 Å². The van der Waals surface area contributed by atoms with Crippen LogP contribution in [0.2, 0.25) is 0 Å². The lowest BCUT2D eigenvalue weighted by Gasteiger charge is -2.30. The Morgan fingerprint density at radius 3 is 2.59 bits per heavy atom. The van der Waals surface area contributed by atoms with E-state index in [2.05, 4.69) is 0 Å². The first-order valence-corrected chi connectivity index (χ1v) is 10.1. The topological polar surface area (TPSA) is 70.1 Å². The minimum absolute atomic E-state index is 0.000890. The molecule has 2 aliphatic heterocycles. The number of aromatic hydroxyl groups is 1. The lowest BCUT2D eigenvalue weighted by molar-refractivity contribution is -0.137. The molecule has 29 heavy (non-hydrogen) atoms. The van der Waals surface area contributed by atoms with Crippen LogP contribution < -0.4 is 0 Å². The summed E-state index contributed by atoms with van der Waals surface area (Å²) in [4.78, 5) is 29.5. The monoisotopic (exact) mass is 394 g/mol. The molecule has 1 N–H and O–H groups in total. The second-order valence-corrected chi connectivity index (χ2v) is 7.72. The summed E-state index contributed by atoms with van der Waals surface area (Å²) in [6, 6.07) is 16.4. The molecule has 0 aliphatic carbocycles. The van der Waals surface area contributed by atoms with Crippen LogP contribution in [0.3, 0.4) is 0 Å². The highest BCUT2D eigenvalue weighted by atomic mass is 16.5. The number of likely N-dealkylation sites (tertiary alicyclic amines) is 2. The summed E-state index contributed by atoms with van der Waals surface area (Å²) >= 11 is 0. The molecule has 2 amide bonds. The second-order valence-electron chi connectivity index (χ2n) is 7.72. The zero-order valence-corrected chi connectivity index (χ0v) is 16.5. The summed E-state index contributed by atoms with van der Waals surface area (Å²) < 4.78 is 5.36. The van der Waals surface area contributed by atoms with Gasteiger partial charge in [0.05, 0.1) is 6.04 Å². The molecular weight excluding hydrogens is 368 g/mol. The summed E-state index contributed by atoms with van der Waals surface area (Å²) in [6.45, 7) is 4.31. The first-order chi connectivity index (χ1) is 14.1. The Bertz CT molecular complexity index is 885. The van der Waals surface area contributed by atoms with E-state index in [9.17, 15) is 14.7 Å². The Morgan fingerprint density at radius 1 is 1.07 bits per heavy atom. The Labute approximate surface area is 170 Å². The van der Waals surface area contributed by atoms with Crippen LogP contribution in [0.5, 0.6) is 5.75 Å². The predicted octanol–water partition coefficient (Wildman–Crippen LogP) is 2.70. The lowest BCUT2D eigenvalue weighted by atomic mass is 9.89. The molecule has 0 spiro atoms. The maximum Gasteiger partial charge on any atom is 0.254 e. The Kier molecular flexibility index (Phi) is 5.53. The quantitative estimate of drug-likeness (QED) is 0.847. The molecule has 4 rings (SSSR count). The van der Waals surface area contributed by atoms with Crippen molar-refractivity contribution in [3.05, 3.63) is 65.7 Å². The van der Waals surface area contributed by atoms with Crippen LogP contribution in [0.4, 0.5) is 0 Å². The van der Waals surface area contributed by atoms with Gasteiger partial charge in [-0.15, -0.1) is 0 Å². The van der Waals surface area contributed by atoms with E-state index in [1.165, 1.54) is 6.07 Å². The van der Waals surface area contributed by atoms with E-state index in [1.54, 1.807) is 18.2 Å². The number of hydrogen-bond acceptors (Lipinski definition) is 4. The van der Waals surface area contributed by atoms with Crippen molar-refractivity contribution < 1.29 is 19.4 Å². The summed E-state index contributed by atoms with van der Waals surface area (Å²) in [6.07, 6.45) is 0. The van der Waals surface area contributed by atoms with Gasteiger partial charge in [-0.1, -0.05) is 36.4 Å². The van der Waals surface area contributed by atoms with Crippen LogP contribution >= 0.6 is 0 Å². The van der Waals surface area contributed by atoms with Crippen molar-refractivity contribution in [2.75, 3.05) is 32.8 Å². The van der Waals surface area contributed by atoms with Gasteiger partial charge >= 0.3 is 0 Å². The zero-order valence-electron chi connectivity index (χ0n) is 16.5. The van der Waals surface area contributed by atoms with E-state index in [0.717, 1.165) is 5.56 Å². The lowest BCUT2D eigenvalue weighted by Crippen LogP contribution is -2.39. The fourth-order valence-corrected chi connectivity index (χ4v) is 4.64. The number of amides is 2. The number of rotatable bonds is 5. The van der Waals surface area contributed by atoms with Crippen molar-refractivity contribution in [2.45, 2.75) is 13.0 Å². The van der Waals surface area contributed by atoms with Gasteiger partial charge in [-0.2, -0.15) is 0 Å². The average Bonchev–Trinajstić information content (AvgIpc) is 3.30. The Balaban J connectivity index is 1.56. The van der Waals surface area contributed by atoms with E-state index in [0.29, 0.717) is 31.8 Å². The molecule has 2 saturated heterocycles. The van der Waals surface area contributed by atoms with E-state index in [1.807, 2.05) is 47.1 Å². The van der Waals surface area contributed by atoms with Crippen LogP contribution in [-0.4, -0.2) is 59.6 Å². The molecule has 0 bridgehead atoms. The SMILES string of the molecule is CCOCC(=O)N1C[C@@H]2CN(C(=O)c3cccc(O)c3)C[C@@H]2[C@H]1c1ccccc1. The van der Waals surface area contributed by atoms with Gasteiger partial charge in [0.25, 0.3) is 5.91 Å². The van der Waals surface area contributed by atoms with Crippen molar-refractivity contribution in [3.8, 4) is 5.75 Å². The molecule has 2 aliphatic rings. The van der Waals surface area contributed by atoms with Crippen LogP contribution in [-0.2, 0) is 9.53 Å². The van der Waals surface area contributed by atoms with E-state index in [4.69, 9.17) is 4.74 Å². The molecule has 0 aromatic heterocycles. The number of nitrogens with zero attached hydrogens (tertiary/aromatic N) is 2. The third-order valence-electron chi connectivity index (χ3n) is 5.94. The van der Waals surface area contributed by atoms with Crippen molar-refractivity contribution in [2.24, 2.45) is 11.8 Å². The number of carbonyl (C=O) groups is 2. The van der Waals surface area contributed by atoms with Crippen molar-refractivity contribution in [1.82, 2.24) is 9.80 Å². The molecular formula is C23H26N2O4. The van der Waals surface area contributed by atoms with Gasteiger partial charge in [0.1, 0.15) is 12.4 Å². The second kappa shape index (κ2) is 8.25. The normalized spacial score (nSPS) is 23.3. The number of benzene rings is 2. The van der Waals surface area contributed by atoms with E-state index >= 15 is 0 Å². The molecule has 0 radical (unpaired) electrons. The van der Waals surface area contributed by atoms with Crippen molar-refractivity contribution in [1.29, 1.82) is 0 Å². The predicted molar refractivity (Wildman–Crippen MR) is 108 cm³/mol. The highest BCUT2D eigenvalue weighted by Gasteiger charge is 2.50. The number of phenols is 1. The molecule has 6 heteroatoms. The summed E-state index contributed by atoms with van der Waals surface area (Å²) in [5.74, 6) is 0.427. The summed E-state index contributed by atoms with van der Waals surface area (Å²) in [5, 5.41) is 9.70. The van der Waals surface area contributed by atoms with Gasteiger partial charge in [-0.05, 0) is 30.7 Å². The molecule has 2 fully saturated rings. The third kappa shape index (κ3) is 3.85. The summed E-state index contributed by atoms with van der Waals surface area (Å²) in [7, 11) is 0. The van der Waals surface area contributed by atoms with Gasteiger partial charge in [0.15, 0.2) is 0 Å². The molecule has 3 atom stereocenters. The van der Waals surface area contributed by atoms with E-state index in [-0.39, 0.29) is 42.0 Å². The van der Waals surface area contributed by atoms with Crippen molar-refractivity contribution in [3.63, 3.8) is 0 Å². The van der Waals surface area contributed by atoms with Crippen LogP contribution in [0, 0.1) is 11.8 Å². The summed E-state index contributed by atoms with van der Waals surface area (Å²) in [5.41, 5.74) is 1.59. The average molecular weight is 394 g/mol. The Hall–Kier alpha value is -2.86. The van der Waals surface area contributed by atoms with Crippen molar-refractivity contribution >= 4 is 11.8 Å². The van der Waals surface area contributed by atoms with E-state index < -0.39 is 0 Å². The number of phenolic OH excluding ortho intramolecular Hbond substituents is 1. The standard InChI is InChI=1S/C23H26N2O4/c1-2-29-15-21(27)25-13-18-12-24(23(28)17-9-6-10-19(26)11-17)14-20(18)22(25)16-7-4-3-5-8-16/h3-11,18,20,22,26H,2,12-15H2,1H3/t18-,20-,22+/m0/s1. The maximum atomic E-state index is 12.9. The largest absolute Gasteiger partial charge is 0.508 e. The zero-order chi connectivity index (χ0) is 20.4. The maximum absolute atomic E-state index is 12.9. The van der Waals surface area contributed by atoms with Gasteiger partial charge in [-0.3, -0.25) is 9.59 Å². The van der Waals surface area contributed by atoms with Gasteiger partial charge in [0, 0.05) is 43.6 Å². The molecule has 2 aromatic carbocycles. The minimum Gasteiger partial charge on any atom is -0.508 e.